The van der Waals surface area contributed by atoms with Crippen LogP contribution in [-0.2, 0) is 23.1 Å². The molecule has 0 unspecified atom stereocenters. The molecule has 8 heteroatoms. The molecule has 0 aliphatic rings. The molecule has 0 aliphatic heterocycles. The highest BCUT2D eigenvalue weighted by atomic mass is 35.5. The Morgan fingerprint density at radius 3 is 2.76 bits per heavy atom. The fourth-order valence-corrected chi connectivity index (χ4v) is 2.93. The van der Waals surface area contributed by atoms with E-state index in [-0.39, 0.29) is 11.4 Å². The van der Waals surface area contributed by atoms with Gasteiger partial charge in [-0.05, 0) is 30.3 Å². The van der Waals surface area contributed by atoms with Gasteiger partial charge in [0.05, 0.1) is 17.1 Å². The van der Waals surface area contributed by atoms with Crippen molar-refractivity contribution in [1.82, 2.24) is 15.2 Å². The van der Waals surface area contributed by atoms with E-state index in [1.54, 1.807) is 18.2 Å². The Labute approximate surface area is 128 Å². The van der Waals surface area contributed by atoms with E-state index in [0.29, 0.717) is 17.3 Å². The van der Waals surface area contributed by atoms with Crippen LogP contribution in [0, 0.1) is 0 Å². The van der Waals surface area contributed by atoms with Crippen molar-refractivity contribution in [2.24, 2.45) is 0 Å². The lowest BCUT2D eigenvalue weighted by Gasteiger charge is -2.09. The van der Waals surface area contributed by atoms with E-state index in [0.717, 1.165) is 12.1 Å². The molecule has 6 nitrogen and oxygen atoms in total. The third-order valence-electron chi connectivity index (χ3n) is 2.83. The van der Waals surface area contributed by atoms with Crippen molar-refractivity contribution < 1.29 is 12.9 Å². The summed E-state index contributed by atoms with van der Waals surface area (Å²) >= 11 is 6.06. The average molecular weight is 330 g/mol. The number of sulfonamides is 1. The minimum Gasteiger partial charge on any atom is -0.364 e. The molecule has 0 fully saturated rings. The molecular formula is C13H16ClN3O3S. The summed E-state index contributed by atoms with van der Waals surface area (Å²) in [7, 11) is -3.62. The first-order valence-corrected chi connectivity index (χ1v) is 8.27. The first-order chi connectivity index (χ1) is 10.0. The number of rotatable bonds is 7. The van der Waals surface area contributed by atoms with Crippen LogP contribution in [0.2, 0.25) is 5.02 Å². The monoisotopic (exact) mass is 329 g/mol. The number of nitrogens with one attached hydrogen (secondary N) is 2. The maximum Gasteiger partial charge on any atom is 0.240 e. The van der Waals surface area contributed by atoms with Crippen molar-refractivity contribution in [3.63, 3.8) is 0 Å². The van der Waals surface area contributed by atoms with Gasteiger partial charge in [-0.25, -0.2) is 13.1 Å². The SMILES string of the molecule is CCNCc1cc(S(=O)(=O)NCc2ccon2)ccc1Cl. The number of hydrogen-bond donors (Lipinski definition) is 2. The van der Waals surface area contributed by atoms with Crippen molar-refractivity contribution in [3.05, 3.63) is 46.8 Å². The molecule has 21 heavy (non-hydrogen) atoms. The number of hydrogen-bond acceptors (Lipinski definition) is 5. The van der Waals surface area contributed by atoms with Crippen LogP contribution in [-0.4, -0.2) is 20.1 Å². The standard InChI is InChI=1S/C13H16ClN3O3S/c1-2-15-8-10-7-12(3-4-13(10)14)21(18,19)16-9-11-5-6-20-17-11/h3-7,15-16H,2,8-9H2,1H3. The fourth-order valence-electron chi connectivity index (χ4n) is 1.69. The van der Waals surface area contributed by atoms with Crippen LogP contribution in [0.15, 0.2) is 39.9 Å². The van der Waals surface area contributed by atoms with Crippen molar-refractivity contribution >= 4 is 21.6 Å². The molecule has 0 atom stereocenters. The normalized spacial score (nSPS) is 11.7. The second-order valence-electron chi connectivity index (χ2n) is 4.35. The Balaban J connectivity index is 2.15. The van der Waals surface area contributed by atoms with Gasteiger partial charge in [0, 0.05) is 17.6 Å². The Hall–Kier alpha value is -1.41. The summed E-state index contributed by atoms with van der Waals surface area (Å²) in [6.45, 7) is 3.33. The first-order valence-electron chi connectivity index (χ1n) is 6.41. The van der Waals surface area contributed by atoms with Crippen LogP contribution in [0.3, 0.4) is 0 Å². The summed E-state index contributed by atoms with van der Waals surface area (Å²) in [6.07, 6.45) is 1.39. The van der Waals surface area contributed by atoms with Crippen molar-refractivity contribution in [1.29, 1.82) is 0 Å². The molecule has 2 aromatic rings. The molecule has 114 valence electrons. The van der Waals surface area contributed by atoms with Gasteiger partial charge in [-0.3, -0.25) is 0 Å². The molecule has 0 radical (unpaired) electrons. The number of halogens is 1. The molecule has 1 aromatic heterocycles. The Morgan fingerprint density at radius 1 is 1.29 bits per heavy atom. The van der Waals surface area contributed by atoms with E-state index in [2.05, 4.69) is 19.7 Å². The zero-order chi connectivity index (χ0) is 15.3. The van der Waals surface area contributed by atoms with E-state index in [1.807, 2.05) is 6.92 Å². The van der Waals surface area contributed by atoms with Crippen molar-refractivity contribution in [3.8, 4) is 0 Å². The Bertz CT molecular complexity index is 687. The molecule has 0 aliphatic carbocycles. The van der Waals surface area contributed by atoms with Gasteiger partial charge in [0.1, 0.15) is 6.26 Å². The summed E-state index contributed by atoms with van der Waals surface area (Å²) in [6, 6.07) is 6.22. The van der Waals surface area contributed by atoms with Gasteiger partial charge >= 0.3 is 0 Å². The van der Waals surface area contributed by atoms with Gasteiger partial charge < -0.3 is 9.84 Å². The summed E-state index contributed by atoms with van der Waals surface area (Å²) in [5, 5.41) is 7.30. The predicted octanol–water partition coefficient (Wildman–Crippen LogP) is 1.92. The van der Waals surface area contributed by atoms with Crippen LogP contribution >= 0.6 is 11.6 Å². The maximum absolute atomic E-state index is 12.2. The van der Waals surface area contributed by atoms with Gasteiger partial charge in [0.2, 0.25) is 10.0 Å². The summed E-state index contributed by atoms with van der Waals surface area (Å²) in [5.41, 5.74) is 1.25. The van der Waals surface area contributed by atoms with Crippen molar-refractivity contribution in [2.75, 3.05) is 6.54 Å². The third kappa shape index (κ3) is 4.28. The Kier molecular flexibility index (Phi) is 5.35. The van der Waals surface area contributed by atoms with E-state index in [1.165, 1.54) is 12.3 Å². The highest BCUT2D eigenvalue weighted by Gasteiger charge is 2.16. The molecule has 0 bridgehead atoms. The second-order valence-corrected chi connectivity index (χ2v) is 6.52. The van der Waals surface area contributed by atoms with Gasteiger partial charge in [0.15, 0.2) is 0 Å². The van der Waals surface area contributed by atoms with Crippen LogP contribution in [0.1, 0.15) is 18.2 Å². The lowest BCUT2D eigenvalue weighted by atomic mass is 10.2. The highest BCUT2D eigenvalue weighted by molar-refractivity contribution is 7.89. The Morgan fingerprint density at radius 2 is 2.10 bits per heavy atom. The smallest absolute Gasteiger partial charge is 0.240 e. The van der Waals surface area contributed by atoms with Crippen LogP contribution in [0.25, 0.3) is 0 Å². The van der Waals surface area contributed by atoms with Gasteiger partial charge in [-0.2, -0.15) is 0 Å². The molecule has 1 heterocycles. The summed E-state index contributed by atoms with van der Waals surface area (Å²) < 4.78 is 31.6. The van der Waals surface area contributed by atoms with Crippen molar-refractivity contribution in [2.45, 2.75) is 24.9 Å². The molecule has 1 aromatic carbocycles. The third-order valence-corrected chi connectivity index (χ3v) is 4.60. The maximum atomic E-state index is 12.2. The van der Waals surface area contributed by atoms with Crippen LogP contribution < -0.4 is 10.0 Å². The van der Waals surface area contributed by atoms with Gasteiger partial charge in [-0.15, -0.1) is 0 Å². The van der Waals surface area contributed by atoms with Crippen LogP contribution in [0.5, 0.6) is 0 Å². The average Bonchev–Trinajstić information content (AvgIpc) is 2.97. The zero-order valence-corrected chi connectivity index (χ0v) is 13.0. The topological polar surface area (TPSA) is 84.2 Å². The lowest BCUT2D eigenvalue weighted by molar-refractivity contribution is 0.411. The molecule has 0 saturated heterocycles. The molecule has 2 N–H and O–H groups in total. The zero-order valence-electron chi connectivity index (χ0n) is 11.5. The van der Waals surface area contributed by atoms with E-state index >= 15 is 0 Å². The van der Waals surface area contributed by atoms with E-state index < -0.39 is 10.0 Å². The summed E-state index contributed by atoms with van der Waals surface area (Å²) in [4.78, 5) is 0.170. The minimum atomic E-state index is -3.62. The number of nitrogens with zero attached hydrogens (tertiary/aromatic N) is 1. The molecule has 2 rings (SSSR count). The quantitative estimate of drug-likeness (QED) is 0.810. The number of benzene rings is 1. The second kappa shape index (κ2) is 7.04. The van der Waals surface area contributed by atoms with E-state index in [9.17, 15) is 8.42 Å². The molecular weight excluding hydrogens is 314 g/mol. The minimum absolute atomic E-state index is 0.0734. The predicted molar refractivity (Wildman–Crippen MR) is 79.4 cm³/mol. The highest BCUT2D eigenvalue weighted by Crippen LogP contribution is 2.20. The van der Waals surface area contributed by atoms with Gasteiger partial charge in [-0.1, -0.05) is 23.7 Å². The molecule has 0 saturated carbocycles. The first kappa shape index (κ1) is 16.0. The van der Waals surface area contributed by atoms with E-state index in [4.69, 9.17) is 11.6 Å². The van der Waals surface area contributed by atoms with Gasteiger partial charge in [0.25, 0.3) is 0 Å². The molecule has 0 amide bonds. The fraction of sp³-hybridized carbons (Fsp3) is 0.308. The van der Waals surface area contributed by atoms with Crippen LogP contribution in [0.4, 0.5) is 0 Å². The summed E-state index contributed by atoms with van der Waals surface area (Å²) in [5.74, 6) is 0. The molecule has 0 spiro atoms. The largest absolute Gasteiger partial charge is 0.364 e. The number of aromatic nitrogens is 1. The lowest BCUT2D eigenvalue weighted by Crippen LogP contribution is -2.23.